The third kappa shape index (κ3) is 3.38. The van der Waals surface area contributed by atoms with Crippen LogP contribution in [0.3, 0.4) is 0 Å². The molecule has 1 aliphatic carbocycles. The highest BCUT2D eigenvalue weighted by atomic mass is 32.2. The van der Waals surface area contributed by atoms with Crippen LogP contribution < -0.4 is 0 Å². The Morgan fingerprint density at radius 2 is 2.06 bits per heavy atom. The Morgan fingerprint density at radius 3 is 2.61 bits per heavy atom. The van der Waals surface area contributed by atoms with Gasteiger partial charge >= 0.3 is 0 Å². The molecule has 0 N–H and O–H groups in total. The summed E-state index contributed by atoms with van der Waals surface area (Å²) < 4.78 is 23.8. The zero-order valence-corrected chi connectivity index (χ0v) is 13.5. The molecule has 2 aliphatic rings. The number of thiol groups is 1. The normalized spacial score (nSPS) is 29.6. The minimum atomic E-state index is -2.97. The quantitative estimate of drug-likeness (QED) is 0.805. The van der Waals surface area contributed by atoms with Crippen molar-refractivity contribution >= 4 is 34.2 Å². The summed E-state index contributed by atoms with van der Waals surface area (Å²) >= 11 is 6.28. The second-order valence-corrected chi connectivity index (χ2v) is 9.36. The third-order valence-corrected chi connectivity index (χ3v) is 7.58. The summed E-state index contributed by atoms with van der Waals surface area (Å²) in [4.78, 5) is 2.20. The van der Waals surface area contributed by atoms with Crippen molar-refractivity contribution in [2.75, 3.05) is 36.6 Å². The Balaban J connectivity index is 2.10. The molecule has 106 valence electrons. The fourth-order valence-corrected chi connectivity index (χ4v) is 6.47. The predicted molar refractivity (Wildman–Crippen MR) is 82.3 cm³/mol. The molecule has 18 heavy (non-hydrogen) atoms. The van der Waals surface area contributed by atoms with Crippen molar-refractivity contribution in [2.24, 2.45) is 5.41 Å². The molecule has 0 radical (unpaired) electrons. The Bertz CT molecular complexity index is 377. The molecule has 1 saturated heterocycles. The molecule has 1 heterocycles. The molecule has 1 atom stereocenters. The number of sulfone groups is 1. The van der Waals surface area contributed by atoms with Gasteiger partial charge in [0, 0.05) is 30.9 Å². The molecule has 3 nitrogen and oxygen atoms in total. The fraction of sp³-hybridized carbons (Fsp3) is 1.00. The highest BCUT2D eigenvalue weighted by molar-refractivity contribution is 8.00. The van der Waals surface area contributed by atoms with Gasteiger partial charge in [-0.25, -0.2) is 8.42 Å². The van der Waals surface area contributed by atoms with E-state index in [9.17, 15) is 8.42 Å². The molecule has 1 unspecified atom stereocenters. The molecule has 1 saturated carbocycles. The lowest BCUT2D eigenvalue weighted by Crippen LogP contribution is -2.51. The molecule has 2 rings (SSSR count). The van der Waals surface area contributed by atoms with Crippen molar-refractivity contribution in [3.63, 3.8) is 0 Å². The molecule has 1 aliphatic heterocycles. The van der Waals surface area contributed by atoms with Crippen molar-refractivity contribution in [1.82, 2.24) is 4.90 Å². The molecule has 0 amide bonds. The van der Waals surface area contributed by atoms with E-state index >= 15 is 0 Å². The van der Waals surface area contributed by atoms with E-state index in [1.807, 2.05) is 0 Å². The zero-order valence-electron chi connectivity index (χ0n) is 11.0. The first-order valence-corrected chi connectivity index (χ1v) is 10.3. The fourth-order valence-electron chi connectivity index (χ4n) is 3.11. The first-order valence-electron chi connectivity index (χ1n) is 6.58. The van der Waals surface area contributed by atoms with E-state index in [0.29, 0.717) is 0 Å². The highest BCUT2D eigenvalue weighted by Crippen LogP contribution is 2.40. The van der Waals surface area contributed by atoms with Crippen molar-refractivity contribution in [3.05, 3.63) is 0 Å². The number of thioether (sulfide) groups is 1. The lowest BCUT2D eigenvalue weighted by atomic mass is 9.88. The van der Waals surface area contributed by atoms with Gasteiger partial charge in [-0.2, -0.15) is 24.4 Å². The molecule has 0 aromatic carbocycles. The summed E-state index contributed by atoms with van der Waals surface area (Å²) in [6, 6.07) is 0. The first kappa shape index (κ1) is 15.0. The molecule has 6 heteroatoms. The minimum Gasteiger partial charge on any atom is -0.285 e. The summed E-state index contributed by atoms with van der Waals surface area (Å²) in [7, 11) is -2.97. The second-order valence-electron chi connectivity index (χ2n) is 5.69. The van der Waals surface area contributed by atoms with Crippen LogP contribution in [0.25, 0.3) is 0 Å². The Labute approximate surface area is 120 Å². The van der Waals surface area contributed by atoms with Gasteiger partial charge in [0.15, 0.2) is 9.84 Å². The maximum atomic E-state index is 11.9. The van der Waals surface area contributed by atoms with Crippen LogP contribution in [0.5, 0.6) is 0 Å². The van der Waals surface area contributed by atoms with E-state index in [4.69, 9.17) is 0 Å². The lowest BCUT2D eigenvalue weighted by molar-refractivity contribution is 0.168. The minimum absolute atomic E-state index is 0.258. The zero-order chi connectivity index (χ0) is 13.2. The van der Waals surface area contributed by atoms with E-state index in [-0.39, 0.29) is 10.8 Å². The van der Waals surface area contributed by atoms with E-state index in [1.165, 1.54) is 31.9 Å². The molecule has 0 spiro atoms. The monoisotopic (exact) mass is 309 g/mol. The van der Waals surface area contributed by atoms with Gasteiger partial charge in [-0.1, -0.05) is 12.8 Å². The summed E-state index contributed by atoms with van der Waals surface area (Å²) in [6.07, 6.45) is 6.32. The van der Waals surface area contributed by atoms with Crippen molar-refractivity contribution in [3.8, 4) is 0 Å². The molecule has 0 aromatic heterocycles. The van der Waals surface area contributed by atoms with Crippen LogP contribution in [0.4, 0.5) is 0 Å². The Hall–Kier alpha value is 0.610. The second kappa shape index (κ2) is 5.94. The van der Waals surface area contributed by atoms with Gasteiger partial charge in [0.25, 0.3) is 0 Å². The number of hydrogen-bond donors (Lipinski definition) is 1. The third-order valence-electron chi connectivity index (χ3n) is 4.22. The average Bonchev–Trinajstić information content (AvgIpc) is 2.78. The topological polar surface area (TPSA) is 37.4 Å². The molecule has 0 bridgehead atoms. The van der Waals surface area contributed by atoms with Crippen LogP contribution >= 0.6 is 24.4 Å². The van der Waals surface area contributed by atoms with E-state index in [2.05, 4.69) is 17.5 Å². The Kier molecular flexibility index (Phi) is 4.95. The SMILES string of the molecule is CS(=O)(=O)C1CSCCN1CC1(CS)CCCC1. The van der Waals surface area contributed by atoms with Gasteiger partial charge in [-0.3, -0.25) is 4.90 Å². The smallest absolute Gasteiger partial charge is 0.164 e. The lowest BCUT2D eigenvalue weighted by Gasteiger charge is -2.40. The van der Waals surface area contributed by atoms with Crippen LogP contribution in [0.1, 0.15) is 25.7 Å². The van der Waals surface area contributed by atoms with Gasteiger partial charge in [0.1, 0.15) is 5.37 Å². The number of nitrogens with zero attached hydrogens (tertiary/aromatic N) is 1. The van der Waals surface area contributed by atoms with Crippen molar-refractivity contribution < 1.29 is 8.42 Å². The number of hydrogen-bond acceptors (Lipinski definition) is 5. The van der Waals surface area contributed by atoms with E-state index in [1.54, 1.807) is 11.8 Å². The van der Waals surface area contributed by atoms with Crippen LogP contribution in [0.2, 0.25) is 0 Å². The molecular formula is C12H23NO2S3. The van der Waals surface area contributed by atoms with Crippen LogP contribution in [-0.2, 0) is 9.84 Å². The standard InChI is InChI=1S/C12H23NO2S3/c1-18(14,15)11-8-17-7-6-13(11)9-12(10-16)4-2-3-5-12/h11,16H,2-10H2,1H3. The van der Waals surface area contributed by atoms with Gasteiger partial charge in [-0.15, -0.1) is 0 Å². The summed E-state index contributed by atoms with van der Waals surface area (Å²) in [5, 5.41) is -0.284. The van der Waals surface area contributed by atoms with Gasteiger partial charge in [0.2, 0.25) is 0 Å². The highest BCUT2D eigenvalue weighted by Gasteiger charge is 2.39. The van der Waals surface area contributed by atoms with E-state index in [0.717, 1.165) is 30.3 Å². The number of rotatable bonds is 4. The predicted octanol–water partition coefficient (Wildman–Crippen LogP) is 1.90. The molecule has 2 fully saturated rings. The summed E-state index contributed by atoms with van der Waals surface area (Å²) in [5.41, 5.74) is 0.258. The van der Waals surface area contributed by atoms with Crippen LogP contribution in [-0.4, -0.2) is 55.3 Å². The van der Waals surface area contributed by atoms with Crippen LogP contribution in [0, 0.1) is 5.41 Å². The maximum absolute atomic E-state index is 11.9. The Morgan fingerprint density at radius 1 is 1.39 bits per heavy atom. The van der Waals surface area contributed by atoms with E-state index < -0.39 is 9.84 Å². The van der Waals surface area contributed by atoms with Gasteiger partial charge in [0.05, 0.1) is 0 Å². The largest absolute Gasteiger partial charge is 0.285 e. The molecular weight excluding hydrogens is 286 g/mol. The van der Waals surface area contributed by atoms with Crippen molar-refractivity contribution in [1.29, 1.82) is 0 Å². The average molecular weight is 310 g/mol. The van der Waals surface area contributed by atoms with Gasteiger partial charge in [-0.05, 0) is 24.0 Å². The van der Waals surface area contributed by atoms with Crippen molar-refractivity contribution in [2.45, 2.75) is 31.1 Å². The first-order chi connectivity index (χ1) is 8.47. The maximum Gasteiger partial charge on any atom is 0.164 e. The van der Waals surface area contributed by atoms with Gasteiger partial charge < -0.3 is 0 Å². The van der Waals surface area contributed by atoms with Crippen LogP contribution in [0.15, 0.2) is 0 Å². The summed E-state index contributed by atoms with van der Waals surface area (Å²) in [5.74, 6) is 2.66. The summed E-state index contributed by atoms with van der Waals surface area (Å²) in [6.45, 7) is 1.81. The molecule has 0 aromatic rings.